The van der Waals surface area contributed by atoms with Crippen LogP contribution in [0.15, 0.2) is 28.9 Å². The normalized spacial score (nSPS) is 11.7. The predicted octanol–water partition coefficient (Wildman–Crippen LogP) is 1.99. The van der Waals surface area contributed by atoms with Crippen molar-refractivity contribution in [1.29, 1.82) is 0 Å². The van der Waals surface area contributed by atoms with Crippen LogP contribution in [0.5, 0.6) is 0 Å². The Bertz CT molecular complexity index is 502. The first-order chi connectivity index (χ1) is 9.03. The Hall–Kier alpha value is -1.75. The molecule has 0 amide bonds. The molecule has 102 valence electrons. The zero-order valence-corrected chi connectivity index (χ0v) is 11.7. The number of aromatic nitrogens is 3. The van der Waals surface area contributed by atoms with Gasteiger partial charge in [0.2, 0.25) is 5.89 Å². The molecule has 2 aromatic rings. The van der Waals surface area contributed by atoms with Crippen LogP contribution in [0.3, 0.4) is 0 Å². The summed E-state index contributed by atoms with van der Waals surface area (Å²) in [5.41, 5.74) is 1.05. The molecule has 0 unspecified atom stereocenters. The molecule has 0 bridgehead atoms. The summed E-state index contributed by atoms with van der Waals surface area (Å²) in [7, 11) is 0. The summed E-state index contributed by atoms with van der Waals surface area (Å²) >= 11 is 0. The van der Waals surface area contributed by atoms with Gasteiger partial charge in [0, 0.05) is 30.4 Å². The lowest BCUT2D eigenvalue weighted by molar-refractivity contribution is 0.359. The van der Waals surface area contributed by atoms with Crippen molar-refractivity contribution in [3.05, 3.63) is 41.8 Å². The summed E-state index contributed by atoms with van der Waals surface area (Å²) in [5.74, 6) is 1.35. The van der Waals surface area contributed by atoms with E-state index < -0.39 is 0 Å². The highest BCUT2D eigenvalue weighted by Gasteiger charge is 2.11. The fourth-order valence-corrected chi connectivity index (χ4v) is 1.67. The number of hydrogen-bond donors (Lipinski definition) is 1. The Balaban J connectivity index is 1.86. The topological polar surface area (TPSA) is 63.8 Å². The minimum Gasteiger partial charge on any atom is -0.339 e. The van der Waals surface area contributed by atoms with Crippen molar-refractivity contribution >= 4 is 0 Å². The van der Waals surface area contributed by atoms with Crippen LogP contribution in [0.25, 0.3) is 0 Å². The largest absolute Gasteiger partial charge is 0.339 e. The molecule has 0 aliphatic heterocycles. The molecule has 2 rings (SSSR count). The maximum atomic E-state index is 5.22. The van der Waals surface area contributed by atoms with Gasteiger partial charge in [0.05, 0.1) is 6.42 Å². The van der Waals surface area contributed by atoms with Crippen molar-refractivity contribution in [2.75, 3.05) is 6.54 Å². The molecule has 5 heteroatoms. The maximum absolute atomic E-state index is 5.22. The van der Waals surface area contributed by atoms with Crippen molar-refractivity contribution in [2.45, 2.75) is 39.2 Å². The van der Waals surface area contributed by atoms with Crippen LogP contribution >= 0.6 is 0 Å². The SMILES string of the molecule is CC(C)(C)NCCc1nc(Cc2ccccn2)no1. The molecular formula is C14H20N4O. The lowest BCUT2D eigenvalue weighted by Crippen LogP contribution is -2.37. The van der Waals surface area contributed by atoms with Crippen molar-refractivity contribution in [2.24, 2.45) is 0 Å². The highest BCUT2D eigenvalue weighted by Crippen LogP contribution is 2.05. The molecule has 0 aliphatic carbocycles. The smallest absolute Gasteiger partial charge is 0.227 e. The third kappa shape index (κ3) is 4.79. The molecule has 0 saturated heterocycles. The van der Waals surface area contributed by atoms with E-state index in [4.69, 9.17) is 4.52 Å². The predicted molar refractivity (Wildman–Crippen MR) is 72.8 cm³/mol. The van der Waals surface area contributed by atoms with E-state index in [1.807, 2.05) is 18.2 Å². The van der Waals surface area contributed by atoms with Crippen LogP contribution < -0.4 is 5.32 Å². The van der Waals surface area contributed by atoms with Gasteiger partial charge in [0.1, 0.15) is 0 Å². The molecule has 0 aromatic carbocycles. The van der Waals surface area contributed by atoms with Gasteiger partial charge in [-0.2, -0.15) is 4.98 Å². The third-order valence-corrected chi connectivity index (χ3v) is 2.57. The van der Waals surface area contributed by atoms with Crippen LogP contribution in [0.2, 0.25) is 0 Å². The molecule has 5 nitrogen and oxygen atoms in total. The summed E-state index contributed by atoms with van der Waals surface area (Å²) in [6.07, 6.45) is 3.12. The van der Waals surface area contributed by atoms with E-state index in [2.05, 4.69) is 41.2 Å². The highest BCUT2D eigenvalue weighted by atomic mass is 16.5. The van der Waals surface area contributed by atoms with Gasteiger partial charge in [-0.1, -0.05) is 11.2 Å². The molecule has 0 spiro atoms. The van der Waals surface area contributed by atoms with Crippen LogP contribution in [0.4, 0.5) is 0 Å². The van der Waals surface area contributed by atoms with Crippen LogP contribution in [0, 0.1) is 0 Å². The van der Waals surface area contributed by atoms with Gasteiger partial charge < -0.3 is 9.84 Å². The summed E-state index contributed by atoms with van der Waals surface area (Å²) < 4.78 is 5.22. The first-order valence-corrected chi connectivity index (χ1v) is 6.49. The number of rotatable bonds is 5. The van der Waals surface area contributed by atoms with Gasteiger partial charge in [-0.15, -0.1) is 0 Å². The fraction of sp³-hybridized carbons (Fsp3) is 0.500. The lowest BCUT2D eigenvalue weighted by Gasteiger charge is -2.19. The summed E-state index contributed by atoms with van der Waals surface area (Å²) in [6, 6.07) is 5.80. The van der Waals surface area contributed by atoms with Crippen LogP contribution in [0.1, 0.15) is 38.2 Å². The summed E-state index contributed by atoms with van der Waals surface area (Å²) in [5, 5.41) is 7.36. The standard InChI is InChI=1S/C14H20N4O/c1-14(2,3)16-9-7-13-17-12(18-19-13)10-11-6-4-5-8-15-11/h4-6,8,16H,7,9-10H2,1-3H3. The molecule has 0 aliphatic rings. The lowest BCUT2D eigenvalue weighted by atomic mass is 10.1. The number of hydrogen-bond acceptors (Lipinski definition) is 5. The Morgan fingerprint density at radius 1 is 1.26 bits per heavy atom. The third-order valence-electron chi connectivity index (χ3n) is 2.57. The van der Waals surface area contributed by atoms with Gasteiger partial charge in [-0.3, -0.25) is 4.98 Å². The molecule has 19 heavy (non-hydrogen) atoms. The molecule has 2 heterocycles. The maximum Gasteiger partial charge on any atom is 0.227 e. The first-order valence-electron chi connectivity index (χ1n) is 6.49. The Labute approximate surface area is 113 Å². The Morgan fingerprint density at radius 2 is 2.11 bits per heavy atom. The van der Waals surface area contributed by atoms with Gasteiger partial charge in [-0.25, -0.2) is 0 Å². The minimum atomic E-state index is 0.108. The average molecular weight is 260 g/mol. The van der Waals surface area contributed by atoms with E-state index in [-0.39, 0.29) is 5.54 Å². The molecule has 0 fully saturated rings. The van der Waals surface area contributed by atoms with Gasteiger partial charge in [0.15, 0.2) is 5.82 Å². The van der Waals surface area contributed by atoms with Crippen LogP contribution in [-0.4, -0.2) is 27.2 Å². The van der Waals surface area contributed by atoms with Crippen LogP contribution in [-0.2, 0) is 12.8 Å². The quantitative estimate of drug-likeness (QED) is 0.890. The first kappa shape index (κ1) is 13.7. The zero-order chi connectivity index (χ0) is 13.7. The summed E-state index contributed by atoms with van der Waals surface area (Å²) in [4.78, 5) is 8.61. The van der Waals surface area contributed by atoms with Crippen molar-refractivity contribution in [3.63, 3.8) is 0 Å². The van der Waals surface area contributed by atoms with Crippen molar-refractivity contribution in [3.8, 4) is 0 Å². The second-order valence-corrected chi connectivity index (χ2v) is 5.53. The molecular weight excluding hydrogens is 240 g/mol. The van der Waals surface area contributed by atoms with Gasteiger partial charge >= 0.3 is 0 Å². The Morgan fingerprint density at radius 3 is 2.79 bits per heavy atom. The number of nitrogens with one attached hydrogen (secondary N) is 1. The Kier molecular flexibility index (Phi) is 4.27. The fourth-order valence-electron chi connectivity index (χ4n) is 1.67. The number of nitrogens with zero attached hydrogens (tertiary/aromatic N) is 3. The van der Waals surface area contributed by atoms with Crippen molar-refractivity contribution < 1.29 is 4.52 Å². The van der Waals surface area contributed by atoms with Crippen molar-refractivity contribution in [1.82, 2.24) is 20.4 Å². The molecule has 0 atom stereocenters. The van der Waals surface area contributed by atoms with E-state index in [0.717, 1.165) is 18.7 Å². The second-order valence-electron chi connectivity index (χ2n) is 5.53. The zero-order valence-electron chi connectivity index (χ0n) is 11.7. The van der Waals surface area contributed by atoms with E-state index >= 15 is 0 Å². The minimum absolute atomic E-state index is 0.108. The van der Waals surface area contributed by atoms with E-state index in [0.29, 0.717) is 18.1 Å². The monoisotopic (exact) mass is 260 g/mol. The van der Waals surface area contributed by atoms with E-state index in [1.54, 1.807) is 6.20 Å². The molecule has 2 aromatic heterocycles. The number of pyridine rings is 1. The molecule has 0 saturated carbocycles. The summed E-state index contributed by atoms with van der Waals surface area (Å²) in [6.45, 7) is 7.22. The van der Waals surface area contributed by atoms with Gasteiger partial charge in [-0.05, 0) is 32.9 Å². The highest BCUT2D eigenvalue weighted by molar-refractivity contribution is 5.09. The van der Waals surface area contributed by atoms with E-state index in [1.165, 1.54) is 0 Å². The molecule has 0 radical (unpaired) electrons. The second kappa shape index (κ2) is 5.93. The average Bonchev–Trinajstić information content (AvgIpc) is 2.76. The molecule has 1 N–H and O–H groups in total. The van der Waals surface area contributed by atoms with Gasteiger partial charge in [0.25, 0.3) is 0 Å². The van der Waals surface area contributed by atoms with E-state index in [9.17, 15) is 0 Å².